The van der Waals surface area contributed by atoms with Crippen LogP contribution in [0, 0.1) is 20.8 Å². The van der Waals surface area contributed by atoms with Crippen LogP contribution >= 0.6 is 15.9 Å². The van der Waals surface area contributed by atoms with Crippen molar-refractivity contribution < 1.29 is 4.79 Å². The van der Waals surface area contributed by atoms with Gasteiger partial charge < -0.3 is 11.1 Å². The van der Waals surface area contributed by atoms with Gasteiger partial charge in [0.25, 0.3) is 0 Å². The van der Waals surface area contributed by atoms with Gasteiger partial charge in [0, 0.05) is 4.47 Å². The summed E-state index contributed by atoms with van der Waals surface area (Å²) in [7, 11) is 0. The second-order valence-corrected chi connectivity index (χ2v) is 5.63. The molecule has 0 aliphatic carbocycles. The van der Waals surface area contributed by atoms with Crippen LogP contribution in [-0.4, -0.2) is 15.7 Å². The van der Waals surface area contributed by atoms with Gasteiger partial charge in [-0.3, -0.25) is 9.48 Å². The number of halogens is 1. The molecule has 20 heavy (non-hydrogen) atoms. The van der Waals surface area contributed by atoms with E-state index in [4.69, 9.17) is 5.73 Å². The molecule has 1 heterocycles. The van der Waals surface area contributed by atoms with Gasteiger partial charge in [-0.2, -0.15) is 5.10 Å². The lowest BCUT2D eigenvalue weighted by Gasteiger charge is -2.09. The van der Waals surface area contributed by atoms with Gasteiger partial charge in [0.05, 0.1) is 22.8 Å². The van der Waals surface area contributed by atoms with Crippen LogP contribution in [0.5, 0.6) is 0 Å². The number of hydrogen-bond donors (Lipinski definition) is 2. The molecule has 3 N–H and O–H groups in total. The van der Waals surface area contributed by atoms with Crippen LogP contribution in [0.2, 0.25) is 0 Å². The zero-order valence-electron chi connectivity index (χ0n) is 11.7. The second kappa shape index (κ2) is 5.66. The molecule has 2 aromatic rings. The van der Waals surface area contributed by atoms with Gasteiger partial charge in [0.2, 0.25) is 5.91 Å². The lowest BCUT2D eigenvalue weighted by Crippen LogP contribution is -2.20. The topological polar surface area (TPSA) is 72.9 Å². The molecule has 0 saturated carbocycles. The minimum atomic E-state index is -0.139. The fourth-order valence-electron chi connectivity index (χ4n) is 1.91. The third-order valence-corrected chi connectivity index (χ3v) is 3.79. The van der Waals surface area contributed by atoms with Crippen LogP contribution < -0.4 is 11.1 Å². The van der Waals surface area contributed by atoms with E-state index >= 15 is 0 Å². The van der Waals surface area contributed by atoms with E-state index in [1.165, 1.54) is 0 Å². The van der Waals surface area contributed by atoms with Gasteiger partial charge in [-0.15, -0.1) is 0 Å². The predicted molar refractivity (Wildman–Crippen MR) is 83.6 cm³/mol. The molecule has 0 spiro atoms. The number of nitrogens with one attached hydrogen (secondary N) is 1. The number of carbonyl (C=O) groups excluding carboxylic acids is 1. The standard InChI is InChI=1S/C14H17BrN4O/c1-8-4-5-12(11(15)6-8)17-13(20)7-19-10(3)14(16)9(2)18-19/h4-6H,7,16H2,1-3H3,(H,17,20). The molecular weight excluding hydrogens is 320 g/mol. The molecule has 0 saturated heterocycles. The number of benzene rings is 1. The van der Waals surface area contributed by atoms with Gasteiger partial charge in [-0.05, 0) is 54.4 Å². The van der Waals surface area contributed by atoms with E-state index in [-0.39, 0.29) is 12.5 Å². The molecule has 0 radical (unpaired) electrons. The molecule has 1 aromatic carbocycles. The van der Waals surface area contributed by atoms with E-state index in [0.717, 1.165) is 27.1 Å². The van der Waals surface area contributed by atoms with E-state index in [2.05, 4.69) is 26.3 Å². The minimum Gasteiger partial charge on any atom is -0.396 e. The number of aryl methyl sites for hydroxylation is 2. The molecular formula is C14H17BrN4O. The summed E-state index contributed by atoms with van der Waals surface area (Å²) in [6, 6.07) is 5.77. The first kappa shape index (κ1) is 14.6. The molecule has 0 unspecified atom stereocenters. The Hall–Kier alpha value is -1.82. The summed E-state index contributed by atoms with van der Waals surface area (Å²) in [4.78, 5) is 12.1. The second-order valence-electron chi connectivity index (χ2n) is 4.77. The highest BCUT2D eigenvalue weighted by Crippen LogP contribution is 2.23. The summed E-state index contributed by atoms with van der Waals surface area (Å²) in [5, 5.41) is 7.10. The van der Waals surface area contributed by atoms with E-state index in [9.17, 15) is 4.79 Å². The number of nitrogens with two attached hydrogens (primary N) is 1. The average Bonchev–Trinajstić information content (AvgIpc) is 2.61. The minimum absolute atomic E-state index is 0.139. The molecule has 1 amide bonds. The highest BCUT2D eigenvalue weighted by Gasteiger charge is 2.12. The van der Waals surface area contributed by atoms with Crippen molar-refractivity contribution in [3.63, 3.8) is 0 Å². The number of anilines is 2. The molecule has 0 aliphatic rings. The number of nitrogen functional groups attached to an aromatic ring is 1. The van der Waals surface area contributed by atoms with Crippen LogP contribution in [0.4, 0.5) is 11.4 Å². The van der Waals surface area contributed by atoms with E-state index in [1.807, 2.05) is 39.0 Å². The Labute approximate surface area is 126 Å². The zero-order chi connectivity index (χ0) is 14.9. The maximum Gasteiger partial charge on any atom is 0.246 e. The Morgan fingerprint density at radius 1 is 1.40 bits per heavy atom. The van der Waals surface area contributed by atoms with Crippen molar-refractivity contribution in [3.8, 4) is 0 Å². The van der Waals surface area contributed by atoms with E-state index < -0.39 is 0 Å². The first-order valence-electron chi connectivity index (χ1n) is 6.24. The highest BCUT2D eigenvalue weighted by molar-refractivity contribution is 9.10. The maximum absolute atomic E-state index is 12.1. The molecule has 6 heteroatoms. The molecule has 0 aliphatic heterocycles. The monoisotopic (exact) mass is 336 g/mol. The fourth-order valence-corrected chi connectivity index (χ4v) is 2.50. The largest absolute Gasteiger partial charge is 0.396 e. The number of hydrogen-bond acceptors (Lipinski definition) is 3. The molecule has 106 valence electrons. The van der Waals surface area contributed by atoms with Gasteiger partial charge in [0.1, 0.15) is 6.54 Å². The van der Waals surface area contributed by atoms with Crippen molar-refractivity contribution in [3.05, 3.63) is 39.6 Å². The number of carbonyl (C=O) groups is 1. The molecule has 2 rings (SSSR count). The van der Waals surface area contributed by atoms with Crippen LogP contribution in [0.15, 0.2) is 22.7 Å². The van der Waals surface area contributed by atoms with Gasteiger partial charge in [-0.25, -0.2) is 0 Å². The number of aromatic nitrogens is 2. The normalized spacial score (nSPS) is 10.6. The first-order valence-corrected chi connectivity index (χ1v) is 7.03. The van der Waals surface area contributed by atoms with E-state index in [1.54, 1.807) is 4.68 Å². The Balaban J connectivity index is 2.11. The van der Waals surface area contributed by atoms with Crippen molar-refractivity contribution in [1.29, 1.82) is 0 Å². The molecule has 5 nitrogen and oxygen atoms in total. The summed E-state index contributed by atoms with van der Waals surface area (Å²) in [5.74, 6) is -0.139. The summed E-state index contributed by atoms with van der Waals surface area (Å²) in [5.41, 5.74) is 9.90. The van der Waals surface area contributed by atoms with Gasteiger partial charge in [0.15, 0.2) is 0 Å². The zero-order valence-corrected chi connectivity index (χ0v) is 13.3. The lowest BCUT2D eigenvalue weighted by atomic mass is 10.2. The van der Waals surface area contributed by atoms with E-state index in [0.29, 0.717) is 5.69 Å². The van der Waals surface area contributed by atoms with Crippen molar-refractivity contribution >= 4 is 33.2 Å². The smallest absolute Gasteiger partial charge is 0.246 e. The first-order chi connectivity index (χ1) is 9.38. The summed E-state index contributed by atoms with van der Waals surface area (Å²) >= 11 is 3.43. The number of rotatable bonds is 3. The Morgan fingerprint density at radius 3 is 2.65 bits per heavy atom. The van der Waals surface area contributed by atoms with Crippen molar-refractivity contribution in [2.75, 3.05) is 11.1 Å². The Morgan fingerprint density at radius 2 is 2.10 bits per heavy atom. The number of nitrogens with zero attached hydrogens (tertiary/aromatic N) is 2. The molecule has 0 atom stereocenters. The summed E-state index contributed by atoms with van der Waals surface area (Å²) in [6.07, 6.45) is 0. The van der Waals surface area contributed by atoms with Gasteiger partial charge in [-0.1, -0.05) is 6.07 Å². The average molecular weight is 337 g/mol. The molecule has 0 fully saturated rings. The van der Waals surface area contributed by atoms with Crippen LogP contribution in [0.1, 0.15) is 17.0 Å². The van der Waals surface area contributed by atoms with Gasteiger partial charge >= 0.3 is 0 Å². The lowest BCUT2D eigenvalue weighted by molar-refractivity contribution is -0.116. The van der Waals surface area contributed by atoms with Crippen LogP contribution in [0.3, 0.4) is 0 Å². The quantitative estimate of drug-likeness (QED) is 0.905. The number of amides is 1. The third kappa shape index (κ3) is 3.01. The van der Waals surface area contributed by atoms with Crippen molar-refractivity contribution in [2.45, 2.75) is 27.3 Å². The third-order valence-electron chi connectivity index (χ3n) is 3.13. The van der Waals surface area contributed by atoms with Crippen LogP contribution in [-0.2, 0) is 11.3 Å². The van der Waals surface area contributed by atoms with Crippen molar-refractivity contribution in [2.24, 2.45) is 0 Å². The molecule has 1 aromatic heterocycles. The molecule has 0 bridgehead atoms. The fraction of sp³-hybridized carbons (Fsp3) is 0.286. The summed E-state index contributed by atoms with van der Waals surface area (Å²) in [6.45, 7) is 5.82. The van der Waals surface area contributed by atoms with Crippen LogP contribution in [0.25, 0.3) is 0 Å². The predicted octanol–water partition coefficient (Wildman–Crippen LogP) is 2.79. The summed E-state index contributed by atoms with van der Waals surface area (Å²) < 4.78 is 2.47. The highest BCUT2D eigenvalue weighted by atomic mass is 79.9. The SMILES string of the molecule is Cc1ccc(NC(=O)Cn2nc(C)c(N)c2C)c(Br)c1. The Kier molecular flexibility index (Phi) is 4.13. The Bertz CT molecular complexity index is 663. The maximum atomic E-state index is 12.1. The van der Waals surface area contributed by atoms with Crippen molar-refractivity contribution in [1.82, 2.24) is 9.78 Å².